The Morgan fingerprint density at radius 1 is 1.28 bits per heavy atom. The number of alkyl halides is 2. The Bertz CT molecular complexity index is 886. The zero-order chi connectivity index (χ0) is 17.9. The molecule has 9 heteroatoms. The van der Waals surface area contributed by atoms with E-state index in [1.807, 2.05) is 0 Å². The van der Waals surface area contributed by atoms with Crippen molar-refractivity contribution in [2.45, 2.75) is 24.7 Å². The van der Waals surface area contributed by atoms with Crippen LogP contribution < -0.4 is 10.9 Å². The minimum Gasteiger partial charge on any atom is -0.372 e. The summed E-state index contributed by atoms with van der Waals surface area (Å²) in [5.41, 5.74) is -0.488. The lowest BCUT2D eigenvalue weighted by atomic mass is 10.0. The molecule has 2 aliphatic carbocycles. The topological polar surface area (TPSA) is 59.8 Å². The molecule has 2 aromatic rings. The molecule has 2 aliphatic rings. The van der Waals surface area contributed by atoms with Crippen LogP contribution in [0.2, 0.25) is 10.0 Å². The number of pyridine rings is 1. The summed E-state index contributed by atoms with van der Waals surface area (Å²) in [7, 11) is 1.60. The minimum atomic E-state index is -2.58. The molecule has 1 N–H and O–H groups in total. The molecule has 4 rings (SSSR count). The van der Waals surface area contributed by atoms with Gasteiger partial charge in [-0.2, -0.15) is 0 Å². The average molecular weight is 387 g/mol. The average Bonchev–Trinajstić information content (AvgIpc) is 2.94. The van der Waals surface area contributed by atoms with Crippen LogP contribution in [0.15, 0.2) is 23.1 Å². The number of rotatable bonds is 3. The first-order valence-corrected chi connectivity index (χ1v) is 8.60. The first kappa shape index (κ1) is 16.7. The molecular formula is C16H14Cl2F2N4O. The van der Waals surface area contributed by atoms with E-state index in [-0.39, 0.29) is 16.8 Å². The number of anilines is 1. The molecule has 132 valence electrons. The fraction of sp³-hybridized carbons (Fsp3) is 0.438. The highest BCUT2D eigenvalue weighted by Gasteiger charge is 2.71. The largest absolute Gasteiger partial charge is 0.372 e. The van der Waals surface area contributed by atoms with Crippen molar-refractivity contribution in [3.05, 3.63) is 44.6 Å². The summed E-state index contributed by atoms with van der Waals surface area (Å²) in [6.07, 6.45) is 2.00. The van der Waals surface area contributed by atoms with E-state index in [1.54, 1.807) is 19.2 Å². The second-order valence-electron chi connectivity index (χ2n) is 6.41. The van der Waals surface area contributed by atoms with Gasteiger partial charge in [-0.05, 0) is 25.0 Å². The van der Waals surface area contributed by atoms with Crippen molar-refractivity contribution >= 4 is 29.0 Å². The lowest BCUT2D eigenvalue weighted by molar-refractivity contribution is 0.0689. The highest BCUT2D eigenvalue weighted by Crippen LogP contribution is 2.67. The van der Waals surface area contributed by atoms with Gasteiger partial charge < -0.3 is 5.32 Å². The summed E-state index contributed by atoms with van der Waals surface area (Å²) >= 11 is 12.0. The van der Waals surface area contributed by atoms with E-state index in [4.69, 9.17) is 23.2 Å². The van der Waals surface area contributed by atoms with Crippen molar-refractivity contribution in [2.75, 3.05) is 12.4 Å². The third-order valence-electron chi connectivity index (χ3n) is 5.04. The van der Waals surface area contributed by atoms with Gasteiger partial charge in [0.1, 0.15) is 16.7 Å². The second-order valence-corrected chi connectivity index (χ2v) is 7.23. The van der Waals surface area contributed by atoms with E-state index in [2.05, 4.69) is 15.3 Å². The first-order chi connectivity index (χ1) is 11.8. The molecule has 2 fully saturated rings. The van der Waals surface area contributed by atoms with Gasteiger partial charge in [-0.3, -0.25) is 4.79 Å². The number of hydrogen-bond donors (Lipinski definition) is 1. The van der Waals surface area contributed by atoms with Gasteiger partial charge in [-0.25, -0.2) is 23.3 Å². The van der Waals surface area contributed by atoms with Crippen molar-refractivity contribution in [3.63, 3.8) is 0 Å². The van der Waals surface area contributed by atoms with Crippen LogP contribution in [-0.4, -0.2) is 27.5 Å². The number of fused-ring (bicyclic) bond motifs is 1. The third kappa shape index (κ3) is 2.52. The van der Waals surface area contributed by atoms with Crippen LogP contribution in [-0.2, 0) is 0 Å². The Hall–Kier alpha value is -1.73. The Morgan fingerprint density at radius 3 is 2.52 bits per heavy atom. The Morgan fingerprint density at radius 2 is 1.96 bits per heavy atom. The van der Waals surface area contributed by atoms with E-state index in [0.717, 1.165) is 0 Å². The molecule has 1 unspecified atom stereocenters. The van der Waals surface area contributed by atoms with Crippen molar-refractivity contribution in [2.24, 2.45) is 11.8 Å². The fourth-order valence-electron chi connectivity index (χ4n) is 3.70. The lowest BCUT2D eigenvalue weighted by Gasteiger charge is -2.20. The van der Waals surface area contributed by atoms with Crippen molar-refractivity contribution in [1.82, 2.24) is 14.5 Å². The number of nitrogens with zero attached hydrogens (tertiary/aromatic N) is 3. The normalized spacial score (nSPS) is 26.4. The van der Waals surface area contributed by atoms with E-state index in [0.29, 0.717) is 29.5 Å². The molecule has 0 amide bonds. The minimum absolute atomic E-state index is 0.0727. The van der Waals surface area contributed by atoms with Crippen molar-refractivity contribution in [1.29, 1.82) is 0 Å². The summed E-state index contributed by atoms with van der Waals surface area (Å²) in [6, 6.07) is 3.18. The zero-order valence-electron chi connectivity index (χ0n) is 13.1. The van der Waals surface area contributed by atoms with Crippen LogP contribution in [0.25, 0.3) is 5.82 Å². The maximum absolute atomic E-state index is 13.5. The SMILES string of the molecule is CNc1nc(C2C[C@@H]3[C@H](C2)C3(F)F)n(-c2ccc(Cl)cn2)c(=O)c1Cl. The Kier molecular flexibility index (Phi) is 3.77. The smallest absolute Gasteiger partial charge is 0.280 e. The summed E-state index contributed by atoms with van der Waals surface area (Å²) in [4.78, 5) is 21.4. The van der Waals surface area contributed by atoms with Crippen LogP contribution in [0, 0.1) is 11.8 Å². The van der Waals surface area contributed by atoms with Gasteiger partial charge >= 0.3 is 0 Å². The zero-order valence-corrected chi connectivity index (χ0v) is 14.7. The van der Waals surface area contributed by atoms with Gasteiger partial charge in [-0.1, -0.05) is 23.2 Å². The quantitative estimate of drug-likeness (QED) is 0.872. The van der Waals surface area contributed by atoms with Crippen LogP contribution >= 0.6 is 23.2 Å². The summed E-state index contributed by atoms with van der Waals surface area (Å²) < 4.78 is 28.4. The summed E-state index contributed by atoms with van der Waals surface area (Å²) in [5, 5.41) is 3.13. The number of halogens is 4. The molecule has 0 bridgehead atoms. The molecule has 0 radical (unpaired) electrons. The molecular weight excluding hydrogens is 373 g/mol. The molecule has 2 aromatic heterocycles. The van der Waals surface area contributed by atoms with E-state index >= 15 is 0 Å². The van der Waals surface area contributed by atoms with Crippen molar-refractivity contribution < 1.29 is 8.78 Å². The van der Waals surface area contributed by atoms with Gasteiger partial charge in [0.25, 0.3) is 11.5 Å². The van der Waals surface area contributed by atoms with Crippen LogP contribution in [0.5, 0.6) is 0 Å². The standard InChI is InChI=1S/C16H14Cl2F2N4O/c1-21-13-12(18)15(25)24(11-3-2-8(17)6-22-11)14(23-13)7-4-9-10(5-7)16(9,19)20/h2-3,6-7,9-10,21H,4-5H2,1H3/t7?,9-,10+. The fourth-order valence-corrected chi connectivity index (χ4v) is 4.03. The highest BCUT2D eigenvalue weighted by molar-refractivity contribution is 6.32. The molecule has 2 saturated carbocycles. The second kappa shape index (κ2) is 5.64. The monoisotopic (exact) mass is 386 g/mol. The van der Waals surface area contributed by atoms with Gasteiger partial charge in [-0.15, -0.1) is 0 Å². The molecule has 0 aliphatic heterocycles. The molecule has 0 aromatic carbocycles. The number of aromatic nitrogens is 3. The Labute approximate surface area is 152 Å². The van der Waals surface area contributed by atoms with Gasteiger partial charge in [0, 0.05) is 31.0 Å². The van der Waals surface area contributed by atoms with Crippen LogP contribution in [0.1, 0.15) is 24.6 Å². The molecule has 0 saturated heterocycles. The predicted molar refractivity (Wildman–Crippen MR) is 91.1 cm³/mol. The number of nitrogens with one attached hydrogen (secondary N) is 1. The van der Waals surface area contributed by atoms with E-state index < -0.39 is 23.3 Å². The summed E-state index contributed by atoms with van der Waals surface area (Å²) in [6.45, 7) is 0. The molecule has 25 heavy (non-hydrogen) atoms. The van der Waals surface area contributed by atoms with E-state index in [9.17, 15) is 13.6 Å². The Balaban J connectivity index is 1.83. The first-order valence-electron chi connectivity index (χ1n) is 7.84. The van der Waals surface area contributed by atoms with E-state index in [1.165, 1.54) is 10.8 Å². The van der Waals surface area contributed by atoms with Crippen LogP contribution in [0.3, 0.4) is 0 Å². The lowest BCUT2D eigenvalue weighted by Crippen LogP contribution is -2.28. The maximum atomic E-state index is 13.5. The van der Waals surface area contributed by atoms with Crippen LogP contribution in [0.4, 0.5) is 14.6 Å². The summed E-state index contributed by atoms with van der Waals surface area (Å²) in [5.74, 6) is -3.14. The molecule has 0 spiro atoms. The number of hydrogen-bond acceptors (Lipinski definition) is 4. The predicted octanol–water partition coefficient (Wildman–Crippen LogP) is 3.73. The van der Waals surface area contributed by atoms with Gasteiger partial charge in [0.05, 0.1) is 5.02 Å². The third-order valence-corrected chi connectivity index (χ3v) is 5.60. The highest BCUT2D eigenvalue weighted by atomic mass is 35.5. The van der Waals surface area contributed by atoms with Gasteiger partial charge in [0.2, 0.25) is 0 Å². The molecule has 3 atom stereocenters. The molecule has 5 nitrogen and oxygen atoms in total. The van der Waals surface area contributed by atoms with Crippen molar-refractivity contribution in [3.8, 4) is 5.82 Å². The van der Waals surface area contributed by atoms with Gasteiger partial charge in [0.15, 0.2) is 5.82 Å². The molecule has 2 heterocycles. The maximum Gasteiger partial charge on any atom is 0.280 e.